The van der Waals surface area contributed by atoms with Gasteiger partial charge in [-0.25, -0.2) is 0 Å². The first-order chi connectivity index (χ1) is 10.1. The van der Waals surface area contributed by atoms with Gasteiger partial charge in [0.2, 0.25) is 0 Å². The molecule has 1 aliphatic heterocycles. The van der Waals surface area contributed by atoms with Gasteiger partial charge in [-0.05, 0) is 36.4 Å². The lowest BCUT2D eigenvalue weighted by Crippen LogP contribution is -2.20. The maximum atomic E-state index is 12.1. The quantitative estimate of drug-likeness (QED) is 0.894. The molecule has 3 rings (SSSR count). The second-order valence-corrected chi connectivity index (χ2v) is 5.52. The van der Waals surface area contributed by atoms with Crippen LogP contribution < -0.4 is 15.4 Å². The fraction of sp³-hybridized carbons (Fsp3) is 0.133. The maximum absolute atomic E-state index is 12.1. The van der Waals surface area contributed by atoms with Crippen LogP contribution in [0.25, 0.3) is 0 Å². The zero-order valence-electron chi connectivity index (χ0n) is 11.1. The zero-order chi connectivity index (χ0) is 15.0. The van der Waals surface area contributed by atoms with Crippen LogP contribution in [0.5, 0.6) is 5.75 Å². The molecule has 0 spiro atoms. The van der Waals surface area contributed by atoms with E-state index in [1.54, 1.807) is 43.5 Å². The third kappa shape index (κ3) is 2.64. The Morgan fingerprint density at radius 1 is 1.14 bits per heavy atom. The van der Waals surface area contributed by atoms with E-state index < -0.39 is 6.04 Å². The van der Waals surface area contributed by atoms with Crippen LogP contribution in [0.15, 0.2) is 36.4 Å². The summed E-state index contributed by atoms with van der Waals surface area (Å²) in [4.78, 5) is 12.1. The van der Waals surface area contributed by atoms with Gasteiger partial charge in [0.1, 0.15) is 11.8 Å². The smallest absolute Gasteiger partial charge is 0.251 e. The summed E-state index contributed by atoms with van der Waals surface area (Å²) < 4.78 is 5.28. The number of hydrogen-bond acceptors (Lipinski definition) is 3. The first kappa shape index (κ1) is 14.0. The van der Waals surface area contributed by atoms with Crippen molar-refractivity contribution in [3.8, 4) is 5.75 Å². The summed E-state index contributed by atoms with van der Waals surface area (Å²) in [6.45, 7) is 0. The lowest BCUT2D eigenvalue weighted by atomic mass is 10.1. The maximum Gasteiger partial charge on any atom is 0.251 e. The number of ether oxygens (including phenoxy) is 1. The van der Waals surface area contributed by atoms with Crippen molar-refractivity contribution in [3.63, 3.8) is 0 Å². The molecule has 0 radical (unpaired) electrons. The molecular weight excluding hydrogens is 311 g/mol. The molecule has 1 unspecified atom stereocenters. The minimum Gasteiger partial charge on any atom is -0.495 e. The minimum absolute atomic E-state index is 0.144. The highest BCUT2D eigenvalue weighted by atomic mass is 35.5. The van der Waals surface area contributed by atoms with Crippen molar-refractivity contribution in [1.29, 1.82) is 0 Å². The van der Waals surface area contributed by atoms with Gasteiger partial charge < -0.3 is 15.4 Å². The lowest BCUT2D eigenvalue weighted by molar-refractivity contribution is -0.116. The van der Waals surface area contributed by atoms with E-state index in [9.17, 15) is 4.79 Å². The summed E-state index contributed by atoms with van der Waals surface area (Å²) in [7, 11) is 1.56. The van der Waals surface area contributed by atoms with Crippen molar-refractivity contribution in [3.05, 3.63) is 52.0 Å². The van der Waals surface area contributed by atoms with E-state index in [0.717, 1.165) is 11.3 Å². The summed E-state index contributed by atoms with van der Waals surface area (Å²) >= 11 is 12.0. The molecule has 0 aliphatic carbocycles. The third-order valence-corrected chi connectivity index (χ3v) is 3.78. The van der Waals surface area contributed by atoms with E-state index in [-0.39, 0.29) is 5.91 Å². The molecule has 0 aromatic heterocycles. The number of methoxy groups -OCH3 is 1. The Hall–Kier alpha value is -1.91. The van der Waals surface area contributed by atoms with Crippen LogP contribution in [0.4, 0.5) is 11.4 Å². The van der Waals surface area contributed by atoms with Gasteiger partial charge in [0.05, 0.1) is 12.8 Å². The average molecular weight is 323 g/mol. The SMILES string of the molecule is COc1ccc(Cl)cc1NC1C(=O)Nc2ccc(Cl)cc21. The van der Waals surface area contributed by atoms with Crippen LogP contribution in [0, 0.1) is 0 Å². The number of carbonyl (C=O) groups is 1. The molecule has 108 valence electrons. The van der Waals surface area contributed by atoms with Gasteiger partial charge in [-0.3, -0.25) is 4.79 Å². The molecule has 4 nitrogen and oxygen atoms in total. The monoisotopic (exact) mass is 322 g/mol. The van der Waals surface area contributed by atoms with Crippen molar-refractivity contribution in [1.82, 2.24) is 0 Å². The van der Waals surface area contributed by atoms with Gasteiger partial charge >= 0.3 is 0 Å². The van der Waals surface area contributed by atoms with Gasteiger partial charge in [-0.15, -0.1) is 0 Å². The predicted molar refractivity (Wildman–Crippen MR) is 84.4 cm³/mol. The van der Waals surface area contributed by atoms with Gasteiger partial charge in [0.25, 0.3) is 5.91 Å². The summed E-state index contributed by atoms with van der Waals surface area (Å²) in [5.74, 6) is 0.469. The number of rotatable bonds is 3. The molecule has 1 heterocycles. The summed E-state index contributed by atoms with van der Waals surface area (Å²) in [5, 5.41) is 7.10. The Morgan fingerprint density at radius 3 is 2.62 bits per heavy atom. The van der Waals surface area contributed by atoms with Crippen LogP contribution >= 0.6 is 23.2 Å². The Kier molecular flexibility index (Phi) is 3.66. The summed E-state index contributed by atoms with van der Waals surface area (Å²) in [6.07, 6.45) is 0. The molecule has 1 aliphatic rings. The Bertz CT molecular complexity index is 719. The van der Waals surface area contributed by atoms with Crippen molar-refractivity contribution < 1.29 is 9.53 Å². The van der Waals surface area contributed by atoms with Crippen LogP contribution in [-0.4, -0.2) is 13.0 Å². The van der Waals surface area contributed by atoms with E-state index in [1.165, 1.54) is 0 Å². The molecule has 2 aromatic rings. The van der Waals surface area contributed by atoms with Crippen LogP contribution in [0.3, 0.4) is 0 Å². The third-order valence-electron chi connectivity index (χ3n) is 3.31. The highest BCUT2D eigenvalue weighted by Gasteiger charge is 2.31. The Labute approximate surface area is 132 Å². The van der Waals surface area contributed by atoms with Gasteiger partial charge in [0, 0.05) is 21.3 Å². The number of hydrogen-bond donors (Lipinski definition) is 2. The van der Waals surface area contributed by atoms with Gasteiger partial charge in [0.15, 0.2) is 0 Å². The number of halogens is 2. The van der Waals surface area contributed by atoms with Crippen molar-refractivity contribution >= 4 is 40.5 Å². The van der Waals surface area contributed by atoms with Gasteiger partial charge in [-0.2, -0.15) is 0 Å². The molecule has 2 N–H and O–H groups in total. The number of carbonyl (C=O) groups excluding carboxylic acids is 1. The first-order valence-electron chi connectivity index (χ1n) is 6.29. The summed E-state index contributed by atoms with van der Waals surface area (Å²) in [6, 6.07) is 9.95. The lowest BCUT2D eigenvalue weighted by Gasteiger charge is -2.16. The normalized spacial score (nSPS) is 16.3. The standard InChI is InChI=1S/C15H12Cl2N2O2/c1-21-13-5-3-9(17)7-12(13)18-14-10-6-8(16)2-4-11(10)19-15(14)20/h2-7,14,18H,1H3,(H,19,20). The highest BCUT2D eigenvalue weighted by molar-refractivity contribution is 6.31. The minimum atomic E-state index is -0.536. The number of nitrogens with one attached hydrogen (secondary N) is 2. The first-order valence-corrected chi connectivity index (χ1v) is 7.04. The van der Waals surface area contributed by atoms with E-state index in [0.29, 0.717) is 21.5 Å². The molecular formula is C15H12Cl2N2O2. The van der Waals surface area contributed by atoms with Gasteiger partial charge in [-0.1, -0.05) is 23.2 Å². The predicted octanol–water partition coefficient (Wildman–Crippen LogP) is 4.11. The molecule has 0 saturated carbocycles. The van der Waals surface area contributed by atoms with E-state index >= 15 is 0 Å². The fourth-order valence-electron chi connectivity index (χ4n) is 2.32. The highest BCUT2D eigenvalue weighted by Crippen LogP contribution is 2.37. The number of benzene rings is 2. The number of anilines is 2. The second kappa shape index (κ2) is 5.47. The van der Waals surface area contributed by atoms with Crippen LogP contribution in [0.1, 0.15) is 11.6 Å². The molecule has 1 amide bonds. The van der Waals surface area contributed by atoms with E-state index in [2.05, 4.69) is 10.6 Å². The summed E-state index contributed by atoms with van der Waals surface area (Å²) in [5.41, 5.74) is 2.20. The molecule has 0 saturated heterocycles. The van der Waals surface area contributed by atoms with E-state index in [1.807, 2.05) is 0 Å². The number of fused-ring (bicyclic) bond motifs is 1. The Balaban J connectivity index is 1.98. The van der Waals surface area contributed by atoms with Crippen molar-refractivity contribution in [2.45, 2.75) is 6.04 Å². The fourth-order valence-corrected chi connectivity index (χ4v) is 2.68. The van der Waals surface area contributed by atoms with Crippen LogP contribution in [-0.2, 0) is 4.79 Å². The molecule has 0 bridgehead atoms. The zero-order valence-corrected chi connectivity index (χ0v) is 12.6. The topological polar surface area (TPSA) is 50.4 Å². The van der Waals surface area contributed by atoms with Crippen molar-refractivity contribution in [2.75, 3.05) is 17.7 Å². The molecule has 6 heteroatoms. The Morgan fingerprint density at radius 2 is 1.86 bits per heavy atom. The van der Waals surface area contributed by atoms with Crippen molar-refractivity contribution in [2.24, 2.45) is 0 Å². The average Bonchev–Trinajstić information content (AvgIpc) is 2.75. The number of amides is 1. The second-order valence-electron chi connectivity index (χ2n) is 4.64. The molecule has 0 fully saturated rings. The van der Waals surface area contributed by atoms with E-state index in [4.69, 9.17) is 27.9 Å². The molecule has 21 heavy (non-hydrogen) atoms. The molecule has 2 aromatic carbocycles. The molecule has 1 atom stereocenters. The van der Waals surface area contributed by atoms with Crippen LogP contribution in [0.2, 0.25) is 10.0 Å². The largest absolute Gasteiger partial charge is 0.495 e.